The second-order valence-corrected chi connectivity index (χ2v) is 5.59. The van der Waals surface area contributed by atoms with Crippen molar-refractivity contribution in [3.8, 4) is 0 Å². The number of amides is 1. The third-order valence-corrected chi connectivity index (χ3v) is 3.58. The number of carbonyl (C=O) groups is 1. The first-order chi connectivity index (χ1) is 11.9. The van der Waals surface area contributed by atoms with E-state index in [4.69, 9.17) is 0 Å². The minimum atomic E-state index is -4.40. The molecule has 2 N–H and O–H groups in total. The van der Waals surface area contributed by atoms with Gasteiger partial charge in [0.1, 0.15) is 5.82 Å². The average molecular weight is 351 g/mol. The lowest BCUT2D eigenvalue weighted by molar-refractivity contribution is -0.137. The Hall–Kier alpha value is -2.57. The Morgan fingerprint density at radius 2 is 1.84 bits per heavy atom. The molecular weight excluding hydrogens is 331 g/mol. The van der Waals surface area contributed by atoms with Crippen molar-refractivity contribution in [2.75, 3.05) is 17.2 Å². The first-order valence-corrected chi connectivity index (χ1v) is 8.08. The molecule has 0 radical (unpaired) electrons. The first kappa shape index (κ1) is 18.8. The number of rotatable bonds is 7. The Morgan fingerprint density at radius 1 is 1.12 bits per heavy atom. The summed E-state index contributed by atoms with van der Waals surface area (Å²) in [5.41, 5.74) is -0.0758. The van der Waals surface area contributed by atoms with E-state index in [0.717, 1.165) is 37.9 Å². The minimum Gasteiger partial charge on any atom is -0.370 e. The number of hydrogen-bond acceptors (Lipinski definition) is 3. The number of nitrogens with zero attached hydrogens (tertiary/aromatic N) is 1. The van der Waals surface area contributed by atoms with Crippen LogP contribution in [0, 0.1) is 0 Å². The van der Waals surface area contributed by atoms with Gasteiger partial charge in [-0.05, 0) is 42.8 Å². The Labute approximate surface area is 144 Å². The van der Waals surface area contributed by atoms with E-state index in [0.29, 0.717) is 17.1 Å². The van der Waals surface area contributed by atoms with Gasteiger partial charge >= 0.3 is 6.18 Å². The Bertz CT molecular complexity index is 699. The summed E-state index contributed by atoms with van der Waals surface area (Å²) >= 11 is 0. The molecule has 1 heterocycles. The average Bonchev–Trinajstić information content (AvgIpc) is 2.59. The quantitative estimate of drug-likeness (QED) is 0.694. The molecule has 2 rings (SSSR count). The molecule has 0 atom stereocenters. The van der Waals surface area contributed by atoms with Gasteiger partial charge in [-0.3, -0.25) is 4.79 Å². The molecule has 0 saturated carbocycles. The summed E-state index contributed by atoms with van der Waals surface area (Å²) in [6.45, 7) is 2.88. The lowest BCUT2D eigenvalue weighted by Crippen LogP contribution is -2.13. The van der Waals surface area contributed by atoms with Crippen LogP contribution in [0.1, 0.15) is 42.1 Å². The van der Waals surface area contributed by atoms with Crippen molar-refractivity contribution in [2.45, 2.75) is 32.4 Å². The molecule has 1 aromatic carbocycles. The van der Waals surface area contributed by atoms with Gasteiger partial charge in [0.05, 0.1) is 5.56 Å². The number of alkyl halides is 3. The van der Waals surface area contributed by atoms with Crippen LogP contribution in [-0.2, 0) is 6.18 Å². The Balaban J connectivity index is 1.98. The van der Waals surface area contributed by atoms with Gasteiger partial charge in [0.25, 0.3) is 5.91 Å². The summed E-state index contributed by atoms with van der Waals surface area (Å²) < 4.78 is 37.6. The van der Waals surface area contributed by atoms with Gasteiger partial charge in [-0.2, -0.15) is 13.2 Å². The number of anilines is 2. The van der Waals surface area contributed by atoms with E-state index >= 15 is 0 Å². The highest BCUT2D eigenvalue weighted by atomic mass is 19.4. The molecule has 0 spiro atoms. The van der Waals surface area contributed by atoms with Crippen LogP contribution in [0.4, 0.5) is 24.7 Å². The number of nitrogens with one attached hydrogen (secondary N) is 2. The fourth-order valence-electron chi connectivity index (χ4n) is 2.21. The summed E-state index contributed by atoms with van der Waals surface area (Å²) in [5, 5.41) is 5.73. The summed E-state index contributed by atoms with van der Waals surface area (Å²) in [7, 11) is 0. The molecule has 0 fully saturated rings. The third-order valence-electron chi connectivity index (χ3n) is 3.58. The largest absolute Gasteiger partial charge is 0.416 e. The van der Waals surface area contributed by atoms with Crippen molar-refractivity contribution in [3.05, 3.63) is 53.7 Å². The second kappa shape index (κ2) is 8.50. The molecule has 0 aliphatic carbocycles. The zero-order chi connectivity index (χ0) is 18.3. The molecule has 4 nitrogen and oxygen atoms in total. The van der Waals surface area contributed by atoms with Gasteiger partial charge in [0, 0.05) is 24.0 Å². The van der Waals surface area contributed by atoms with Crippen LogP contribution in [0.15, 0.2) is 42.6 Å². The predicted molar refractivity (Wildman–Crippen MR) is 91.6 cm³/mol. The monoisotopic (exact) mass is 351 g/mol. The topological polar surface area (TPSA) is 54.0 Å². The maximum atomic E-state index is 12.5. The molecule has 1 aromatic heterocycles. The first-order valence-electron chi connectivity index (χ1n) is 8.08. The van der Waals surface area contributed by atoms with Gasteiger partial charge in [-0.15, -0.1) is 0 Å². The van der Waals surface area contributed by atoms with Crippen LogP contribution in [-0.4, -0.2) is 17.4 Å². The number of aromatic nitrogens is 1. The third kappa shape index (κ3) is 5.77. The lowest BCUT2D eigenvalue weighted by atomic mass is 10.2. The lowest BCUT2D eigenvalue weighted by Gasteiger charge is -2.10. The van der Waals surface area contributed by atoms with E-state index in [-0.39, 0.29) is 0 Å². The molecule has 1 amide bonds. The van der Waals surface area contributed by atoms with Gasteiger partial charge in [0.2, 0.25) is 0 Å². The second-order valence-electron chi connectivity index (χ2n) is 5.59. The summed E-state index contributed by atoms with van der Waals surface area (Å²) in [6, 6.07) is 7.49. The van der Waals surface area contributed by atoms with Crippen LogP contribution >= 0.6 is 0 Å². The molecular formula is C18H20F3N3O. The van der Waals surface area contributed by atoms with E-state index in [9.17, 15) is 18.0 Å². The zero-order valence-electron chi connectivity index (χ0n) is 13.9. The number of unbranched alkanes of at least 4 members (excludes halogenated alkanes) is 2. The SMILES string of the molecule is CCCCCNc1cc(C(=O)Nc2ccc(C(F)(F)F)cc2)ccn1. The van der Waals surface area contributed by atoms with Crippen LogP contribution < -0.4 is 10.6 Å². The van der Waals surface area contributed by atoms with E-state index in [2.05, 4.69) is 22.5 Å². The number of hydrogen-bond donors (Lipinski definition) is 2. The van der Waals surface area contributed by atoms with E-state index < -0.39 is 17.6 Å². The predicted octanol–water partition coefficient (Wildman–Crippen LogP) is 4.95. The molecule has 25 heavy (non-hydrogen) atoms. The summed E-state index contributed by atoms with van der Waals surface area (Å²) in [4.78, 5) is 16.4. The van der Waals surface area contributed by atoms with Gasteiger partial charge in [-0.1, -0.05) is 19.8 Å². The van der Waals surface area contributed by atoms with Crippen molar-refractivity contribution in [2.24, 2.45) is 0 Å². The number of benzene rings is 1. The summed E-state index contributed by atoms with van der Waals surface area (Å²) in [6.07, 6.45) is 0.363. The van der Waals surface area contributed by atoms with Crippen LogP contribution in [0.3, 0.4) is 0 Å². The summed E-state index contributed by atoms with van der Waals surface area (Å²) in [5.74, 6) is 0.190. The van der Waals surface area contributed by atoms with Gasteiger partial charge < -0.3 is 10.6 Å². The molecule has 7 heteroatoms. The van der Waals surface area contributed by atoms with E-state index in [1.54, 1.807) is 12.1 Å². The molecule has 0 saturated heterocycles. The molecule has 0 aliphatic rings. The van der Waals surface area contributed by atoms with Crippen LogP contribution in [0.2, 0.25) is 0 Å². The molecule has 134 valence electrons. The number of carbonyl (C=O) groups excluding carboxylic acids is 1. The smallest absolute Gasteiger partial charge is 0.370 e. The molecule has 2 aromatic rings. The minimum absolute atomic E-state index is 0.298. The van der Waals surface area contributed by atoms with Crippen molar-refractivity contribution in [1.29, 1.82) is 0 Å². The van der Waals surface area contributed by atoms with Crippen molar-refractivity contribution < 1.29 is 18.0 Å². The maximum Gasteiger partial charge on any atom is 0.416 e. The van der Waals surface area contributed by atoms with Gasteiger partial charge in [0.15, 0.2) is 0 Å². The highest BCUT2D eigenvalue weighted by Crippen LogP contribution is 2.29. The number of pyridine rings is 1. The van der Waals surface area contributed by atoms with Crippen LogP contribution in [0.5, 0.6) is 0 Å². The van der Waals surface area contributed by atoms with E-state index in [1.165, 1.54) is 18.3 Å². The van der Waals surface area contributed by atoms with Gasteiger partial charge in [-0.25, -0.2) is 4.98 Å². The van der Waals surface area contributed by atoms with Crippen molar-refractivity contribution in [1.82, 2.24) is 4.98 Å². The molecule has 0 unspecified atom stereocenters. The highest BCUT2D eigenvalue weighted by molar-refractivity contribution is 6.04. The van der Waals surface area contributed by atoms with Crippen molar-refractivity contribution >= 4 is 17.4 Å². The molecule has 0 aliphatic heterocycles. The standard InChI is InChI=1S/C18H20F3N3O/c1-2-3-4-10-22-16-12-13(9-11-23-16)17(25)24-15-7-5-14(6-8-15)18(19,20)21/h5-9,11-12H,2-4,10H2,1H3,(H,22,23)(H,24,25). The van der Waals surface area contributed by atoms with Crippen LogP contribution in [0.25, 0.3) is 0 Å². The van der Waals surface area contributed by atoms with E-state index in [1.807, 2.05) is 0 Å². The number of halogens is 3. The zero-order valence-corrected chi connectivity index (χ0v) is 13.9. The Kier molecular flexibility index (Phi) is 6.38. The van der Waals surface area contributed by atoms with Crippen molar-refractivity contribution in [3.63, 3.8) is 0 Å². The fraction of sp³-hybridized carbons (Fsp3) is 0.333. The molecule has 0 bridgehead atoms. The highest BCUT2D eigenvalue weighted by Gasteiger charge is 2.29. The fourth-order valence-corrected chi connectivity index (χ4v) is 2.21. The Morgan fingerprint density at radius 3 is 2.48 bits per heavy atom. The normalized spacial score (nSPS) is 11.2. The maximum absolute atomic E-state index is 12.5.